The molecule has 7 nitrogen and oxygen atoms in total. The summed E-state index contributed by atoms with van der Waals surface area (Å²) >= 11 is 12.3. The number of aryl methyl sites for hydroxylation is 1. The van der Waals surface area contributed by atoms with Crippen molar-refractivity contribution in [1.82, 2.24) is 10.2 Å². The van der Waals surface area contributed by atoms with Crippen molar-refractivity contribution in [2.75, 3.05) is 10.8 Å². The van der Waals surface area contributed by atoms with Crippen molar-refractivity contribution in [3.63, 3.8) is 0 Å². The highest BCUT2D eigenvalue weighted by Gasteiger charge is 2.33. The van der Waals surface area contributed by atoms with E-state index in [1.54, 1.807) is 67.6 Å². The molecule has 0 aliphatic heterocycles. The summed E-state index contributed by atoms with van der Waals surface area (Å²) < 4.78 is 28.6. The summed E-state index contributed by atoms with van der Waals surface area (Å²) in [6.45, 7) is 8.52. The average molecular weight is 591 g/mol. The van der Waals surface area contributed by atoms with Crippen LogP contribution in [-0.4, -0.2) is 43.3 Å². The number of benzene rings is 3. The van der Waals surface area contributed by atoms with Gasteiger partial charge in [0.25, 0.3) is 10.0 Å². The topological polar surface area (TPSA) is 86.8 Å². The molecule has 0 unspecified atom stereocenters. The number of rotatable bonds is 9. The van der Waals surface area contributed by atoms with E-state index in [0.717, 1.165) is 9.87 Å². The fourth-order valence-corrected chi connectivity index (χ4v) is 5.61. The van der Waals surface area contributed by atoms with Crippen molar-refractivity contribution < 1.29 is 18.0 Å². The predicted octanol–water partition coefficient (Wildman–Crippen LogP) is 5.83. The molecule has 3 aromatic rings. The third-order valence-electron chi connectivity index (χ3n) is 5.93. The molecule has 1 N–H and O–H groups in total. The molecule has 0 aliphatic carbocycles. The zero-order valence-electron chi connectivity index (χ0n) is 22.6. The molecular weight excluding hydrogens is 557 g/mol. The number of nitrogens with zero attached hydrogens (tertiary/aromatic N) is 2. The van der Waals surface area contributed by atoms with Crippen molar-refractivity contribution in [3.05, 3.63) is 94.0 Å². The van der Waals surface area contributed by atoms with E-state index in [4.69, 9.17) is 23.2 Å². The molecular formula is C29H33Cl2N3O4S. The lowest BCUT2D eigenvalue weighted by Crippen LogP contribution is -2.54. The van der Waals surface area contributed by atoms with Crippen LogP contribution in [0, 0.1) is 6.92 Å². The largest absolute Gasteiger partial charge is 0.350 e. The standard InChI is InChI=1S/C29H33Cl2N3O4S/c1-20-11-14-23(15-12-20)34(39(37,38)24-9-7-6-8-10-24)19-27(35)33(21(2)28(36)32-29(3,4)5)18-22-13-16-25(30)26(31)17-22/h6-17,21H,18-19H2,1-5H3,(H,32,36)/t21-/m1/s1. The Labute approximate surface area is 240 Å². The number of amides is 2. The summed E-state index contributed by atoms with van der Waals surface area (Å²) in [6, 6.07) is 18.8. The van der Waals surface area contributed by atoms with Gasteiger partial charge in [0.05, 0.1) is 20.6 Å². The van der Waals surface area contributed by atoms with Crippen molar-refractivity contribution in [1.29, 1.82) is 0 Å². The second-order valence-electron chi connectivity index (χ2n) is 10.3. The Morgan fingerprint density at radius 1 is 0.923 bits per heavy atom. The van der Waals surface area contributed by atoms with Gasteiger partial charge in [0, 0.05) is 12.1 Å². The summed E-state index contributed by atoms with van der Waals surface area (Å²) in [5.74, 6) is -0.929. The van der Waals surface area contributed by atoms with Crippen LogP contribution >= 0.6 is 23.2 Å². The number of carbonyl (C=O) groups is 2. The Morgan fingerprint density at radius 3 is 2.10 bits per heavy atom. The van der Waals surface area contributed by atoms with Crippen molar-refractivity contribution >= 4 is 50.7 Å². The van der Waals surface area contributed by atoms with Gasteiger partial charge in [0.2, 0.25) is 11.8 Å². The molecule has 208 valence electrons. The average Bonchev–Trinajstić information content (AvgIpc) is 2.87. The highest BCUT2D eigenvalue weighted by atomic mass is 35.5. The Morgan fingerprint density at radius 2 is 1.54 bits per heavy atom. The third kappa shape index (κ3) is 7.97. The van der Waals surface area contributed by atoms with Crippen molar-refractivity contribution in [2.45, 2.75) is 57.6 Å². The number of sulfonamides is 1. The minimum atomic E-state index is -4.11. The van der Waals surface area contributed by atoms with Crippen LogP contribution in [0.3, 0.4) is 0 Å². The van der Waals surface area contributed by atoms with Gasteiger partial charge < -0.3 is 10.2 Å². The molecule has 0 aromatic heterocycles. The first kappa shape index (κ1) is 30.5. The molecule has 2 amide bonds. The fourth-order valence-electron chi connectivity index (χ4n) is 3.85. The van der Waals surface area contributed by atoms with E-state index in [0.29, 0.717) is 21.3 Å². The summed E-state index contributed by atoms with van der Waals surface area (Å²) in [6.07, 6.45) is 0. The molecule has 0 heterocycles. The Hall–Kier alpha value is -3.07. The van der Waals surface area contributed by atoms with Gasteiger partial charge in [-0.15, -0.1) is 0 Å². The van der Waals surface area contributed by atoms with E-state index >= 15 is 0 Å². The van der Waals surface area contributed by atoms with E-state index in [1.165, 1.54) is 17.0 Å². The van der Waals surface area contributed by atoms with Crippen LogP contribution in [0.2, 0.25) is 10.0 Å². The number of anilines is 1. The molecule has 0 bridgehead atoms. The Bertz CT molecular complexity index is 1420. The van der Waals surface area contributed by atoms with E-state index in [9.17, 15) is 18.0 Å². The van der Waals surface area contributed by atoms with Crippen LogP contribution in [0.1, 0.15) is 38.8 Å². The number of hydrogen-bond acceptors (Lipinski definition) is 4. The van der Waals surface area contributed by atoms with Crippen LogP contribution in [0.25, 0.3) is 0 Å². The van der Waals surface area contributed by atoms with E-state index in [-0.39, 0.29) is 17.3 Å². The first-order chi connectivity index (χ1) is 18.2. The zero-order valence-corrected chi connectivity index (χ0v) is 24.9. The van der Waals surface area contributed by atoms with Crippen molar-refractivity contribution in [2.24, 2.45) is 0 Å². The maximum atomic E-state index is 13.9. The van der Waals surface area contributed by atoms with E-state index < -0.39 is 34.1 Å². The van der Waals surface area contributed by atoms with Gasteiger partial charge in [-0.05, 0) is 76.6 Å². The summed E-state index contributed by atoms with van der Waals surface area (Å²) in [7, 11) is -4.11. The molecule has 0 saturated heterocycles. The van der Waals surface area contributed by atoms with E-state index in [1.807, 2.05) is 27.7 Å². The SMILES string of the molecule is Cc1ccc(N(CC(=O)N(Cc2ccc(Cl)c(Cl)c2)[C@H](C)C(=O)NC(C)(C)C)S(=O)(=O)c2ccccc2)cc1. The minimum Gasteiger partial charge on any atom is -0.350 e. The van der Waals surface area contributed by atoms with Gasteiger partial charge in [-0.1, -0.05) is 65.2 Å². The van der Waals surface area contributed by atoms with Gasteiger partial charge in [0.15, 0.2) is 0 Å². The van der Waals surface area contributed by atoms with Crippen LogP contribution in [0.5, 0.6) is 0 Å². The molecule has 0 fully saturated rings. The first-order valence-electron chi connectivity index (χ1n) is 12.4. The van der Waals surface area contributed by atoms with E-state index in [2.05, 4.69) is 5.32 Å². The van der Waals surface area contributed by atoms with Gasteiger partial charge >= 0.3 is 0 Å². The van der Waals surface area contributed by atoms with Gasteiger partial charge in [0.1, 0.15) is 12.6 Å². The van der Waals surface area contributed by atoms with Crippen LogP contribution in [0.15, 0.2) is 77.7 Å². The number of hydrogen-bond donors (Lipinski definition) is 1. The number of nitrogens with one attached hydrogen (secondary N) is 1. The van der Waals surface area contributed by atoms with Crippen LogP contribution in [0.4, 0.5) is 5.69 Å². The van der Waals surface area contributed by atoms with Gasteiger partial charge in [-0.3, -0.25) is 13.9 Å². The molecule has 0 aliphatic rings. The second-order valence-corrected chi connectivity index (χ2v) is 13.0. The second kappa shape index (κ2) is 12.4. The van der Waals surface area contributed by atoms with Crippen molar-refractivity contribution in [3.8, 4) is 0 Å². The lowest BCUT2D eigenvalue weighted by atomic mass is 10.1. The molecule has 3 aromatic carbocycles. The van der Waals surface area contributed by atoms with Gasteiger partial charge in [-0.2, -0.15) is 0 Å². The number of halogens is 2. The summed E-state index contributed by atoms with van der Waals surface area (Å²) in [4.78, 5) is 28.5. The quantitative estimate of drug-likeness (QED) is 0.340. The summed E-state index contributed by atoms with van der Waals surface area (Å²) in [5.41, 5.74) is 1.38. The highest BCUT2D eigenvalue weighted by molar-refractivity contribution is 7.92. The van der Waals surface area contributed by atoms with Gasteiger partial charge in [-0.25, -0.2) is 8.42 Å². The van der Waals surface area contributed by atoms with Crippen LogP contribution < -0.4 is 9.62 Å². The zero-order chi connectivity index (χ0) is 29.0. The normalized spacial score (nSPS) is 12.5. The maximum Gasteiger partial charge on any atom is 0.264 e. The molecule has 39 heavy (non-hydrogen) atoms. The van der Waals surface area contributed by atoms with Crippen LogP contribution in [-0.2, 0) is 26.2 Å². The summed E-state index contributed by atoms with van der Waals surface area (Å²) in [5, 5.41) is 3.56. The molecule has 0 spiro atoms. The molecule has 1 atom stereocenters. The highest BCUT2D eigenvalue weighted by Crippen LogP contribution is 2.26. The smallest absolute Gasteiger partial charge is 0.264 e. The minimum absolute atomic E-state index is 0.0155. The molecule has 0 saturated carbocycles. The lowest BCUT2D eigenvalue weighted by molar-refractivity contribution is -0.140. The monoisotopic (exact) mass is 589 g/mol. The Balaban J connectivity index is 2.03. The maximum absolute atomic E-state index is 13.9. The first-order valence-corrected chi connectivity index (χ1v) is 14.6. The third-order valence-corrected chi connectivity index (χ3v) is 8.46. The molecule has 0 radical (unpaired) electrons. The fraction of sp³-hybridized carbons (Fsp3) is 0.310. The Kier molecular flexibility index (Phi) is 9.69. The molecule has 3 rings (SSSR count). The predicted molar refractivity (Wildman–Crippen MR) is 157 cm³/mol. The molecule has 10 heteroatoms. The number of carbonyl (C=O) groups excluding carboxylic acids is 2. The lowest BCUT2D eigenvalue weighted by Gasteiger charge is -2.33.